The van der Waals surface area contributed by atoms with Crippen LogP contribution in [0.25, 0.3) is 0 Å². The van der Waals surface area contributed by atoms with Crippen molar-refractivity contribution in [2.24, 2.45) is 5.41 Å². The van der Waals surface area contributed by atoms with Crippen molar-refractivity contribution in [2.45, 2.75) is 44.9 Å². The van der Waals surface area contributed by atoms with Crippen LogP contribution < -0.4 is 5.32 Å². The second-order valence-electron chi connectivity index (χ2n) is 4.59. The average Bonchev–Trinajstić information content (AvgIpc) is 2.79. The molecule has 3 atom stereocenters. The predicted molar refractivity (Wildman–Crippen MR) is 58.3 cm³/mol. The van der Waals surface area contributed by atoms with E-state index < -0.39 is 10.8 Å². The maximum Gasteiger partial charge on any atom is 0.0441 e. The van der Waals surface area contributed by atoms with Gasteiger partial charge in [0.05, 0.1) is 0 Å². The van der Waals surface area contributed by atoms with Crippen molar-refractivity contribution in [1.82, 2.24) is 5.32 Å². The van der Waals surface area contributed by atoms with Gasteiger partial charge in [0.2, 0.25) is 0 Å². The Balaban J connectivity index is 2.22. The van der Waals surface area contributed by atoms with Crippen molar-refractivity contribution in [1.29, 1.82) is 0 Å². The highest BCUT2D eigenvalue weighted by Crippen LogP contribution is 2.47. The molecule has 1 N–H and O–H groups in total. The Bertz CT molecular complexity index is 201. The minimum atomic E-state index is -0.696. The molecule has 0 aromatic rings. The van der Waals surface area contributed by atoms with Gasteiger partial charge in [-0.2, -0.15) is 0 Å². The van der Waals surface area contributed by atoms with Crippen molar-refractivity contribution in [3.05, 3.63) is 0 Å². The molecule has 1 rings (SSSR count). The zero-order valence-electron chi connectivity index (χ0n) is 9.09. The zero-order chi connectivity index (χ0) is 10.1. The van der Waals surface area contributed by atoms with Gasteiger partial charge in [0, 0.05) is 34.9 Å². The summed E-state index contributed by atoms with van der Waals surface area (Å²) in [6.07, 6.45) is 4.45. The molecule has 1 aliphatic carbocycles. The smallest absolute Gasteiger partial charge is 0.0441 e. The molecule has 1 saturated carbocycles. The summed E-state index contributed by atoms with van der Waals surface area (Å²) in [5.74, 6) is 0. The molecule has 2 nitrogen and oxygen atoms in total. The molecule has 0 amide bonds. The minimum Gasteiger partial charge on any atom is -0.313 e. The van der Waals surface area contributed by atoms with E-state index in [4.69, 9.17) is 0 Å². The summed E-state index contributed by atoms with van der Waals surface area (Å²) in [6, 6.07) is 0.568. The lowest BCUT2D eigenvalue weighted by molar-refractivity contribution is 0.383. The molecule has 0 aromatic heterocycles. The molecule has 1 fully saturated rings. The molecule has 0 spiro atoms. The molecule has 0 radical (unpaired) electrons. The van der Waals surface area contributed by atoms with Crippen molar-refractivity contribution in [2.75, 3.05) is 12.8 Å². The molecular weight excluding hydrogens is 182 g/mol. The van der Waals surface area contributed by atoms with Crippen LogP contribution in [0.3, 0.4) is 0 Å². The Kier molecular flexibility index (Phi) is 3.52. The van der Waals surface area contributed by atoms with Gasteiger partial charge in [-0.05, 0) is 32.1 Å². The normalized spacial score (nSPS) is 26.5. The predicted octanol–water partition coefficient (Wildman–Crippen LogP) is 1.53. The standard InChI is InChI=1S/C10H21NOS/c1-8(13(4)12)7-11-9(2)10(3)5-6-10/h8-9,11H,5-7H2,1-4H3. The van der Waals surface area contributed by atoms with Gasteiger partial charge in [-0.15, -0.1) is 0 Å². The molecule has 0 heterocycles. The summed E-state index contributed by atoms with van der Waals surface area (Å²) in [6.45, 7) is 7.46. The molecular formula is C10H21NOS. The molecule has 0 bridgehead atoms. The summed E-state index contributed by atoms with van der Waals surface area (Å²) in [4.78, 5) is 0. The lowest BCUT2D eigenvalue weighted by Gasteiger charge is -2.21. The van der Waals surface area contributed by atoms with Crippen LogP contribution in [0.15, 0.2) is 0 Å². The number of hydrogen-bond acceptors (Lipinski definition) is 2. The van der Waals surface area contributed by atoms with Gasteiger partial charge >= 0.3 is 0 Å². The first-order chi connectivity index (χ1) is 5.96. The van der Waals surface area contributed by atoms with E-state index in [1.165, 1.54) is 12.8 Å². The molecule has 78 valence electrons. The minimum absolute atomic E-state index is 0.268. The van der Waals surface area contributed by atoms with E-state index in [2.05, 4.69) is 19.2 Å². The maximum absolute atomic E-state index is 11.1. The van der Waals surface area contributed by atoms with Crippen LogP contribution in [0.2, 0.25) is 0 Å². The highest BCUT2D eigenvalue weighted by molar-refractivity contribution is 7.84. The quantitative estimate of drug-likeness (QED) is 0.734. The summed E-state index contributed by atoms with van der Waals surface area (Å²) in [5.41, 5.74) is 0.523. The highest BCUT2D eigenvalue weighted by atomic mass is 32.2. The van der Waals surface area contributed by atoms with Crippen molar-refractivity contribution in [3.8, 4) is 0 Å². The number of rotatable bonds is 5. The van der Waals surface area contributed by atoms with E-state index in [-0.39, 0.29) is 5.25 Å². The maximum atomic E-state index is 11.1. The van der Waals surface area contributed by atoms with E-state index in [0.717, 1.165) is 6.54 Å². The topological polar surface area (TPSA) is 29.1 Å². The Morgan fingerprint density at radius 3 is 2.38 bits per heavy atom. The highest BCUT2D eigenvalue weighted by Gasteiger charge is 2.42. The van der Waals surface area contributed by atoms with Crippen LogP contribution in [-0.2, 0) is 10.8 Å². The molecule has 1 aliphatic rings. The second-order valence-corrected chi connectivity index (χ2v) is 6.40. The third kappa shape index (κ3) is 3.06. The van der Waals surface area contributed by atoms with Crippen LogP contribution in [0, 0.1) is 5.41 Å². The van der Waals surface area contributed by atoms with Crippen molar-refractivity contribution in [3.63, 3.8) is 0 Å². The Hall–Kier alpha value is 0.110. The monoisotopic (exact) mass is 203 g/mol. The van der Waals surface area contributed by atoms with E-state index in [0.29, 0.717) is 11.5 Å². The van der Waals surface area contributed by atoms with Crippen LogP contribution in [0.5, 0.6) is 0 Å². The van der Waals surface area contributed by atoms with Gasteiger partial charge in [0.15, 0.2) is 0 Å². The van der Waals surface area contributed by atoms with Gasteiger partial charge in [0.1, 0.15) is 0 Å². The van der Waals surface area contributed by atoms with Crippen molar-refractivity contribution < 1.29 is 4.21 Å². The van der Waals surface area contributed by atoms with Crippen LogP contribution in [0.1, 0.15) is 33.6 Å². The van der Waals surface area contributed by atoms with Crippen LogP contribution in [-0.4, -0.2) is 28.3 Å². The first-order valence-electron chi connectivity index (χ1n) is 5.01. The summed E-state index contributed by atoms with van der Waals surface area (Å²) < 4.78 is 11.1. The zero-order valence-corrected chi connectivity index (χ0v) is 9.91. The lowest BCUT2D eigenvalue weighted by Crippen LogP contribution is -2.38. The second kappa shape index (κ2) is 4.09. The third-order valence-corrected chi connectivity index (χ3v) is 4.66. The summed E-state index contributed by atoms with van der Waals surface area (Å²) in [5, 5.41) is 3.74. The van der Waals surface area contributed by atoms with Gasteiger partial charge in [-0.25, -0.2) is 0 Å². The van der Waals surface area contributed by atoms with Gasteiger partial charge in [-0.1, -0.05) is 6.92 Å². The fraction of sp³-hybridized carbons (Fsp3) is 1.00. The summed E-state index contributed by atoms with van der Waals surface area (Å²) >= 11 is 0. The first kappa shape index (κ1) is 11.2. The Morgan fingerprint density at radius 1 is 1.46 bits per heavy atom. The molecule has 13 heavy (non-hydrogen) atoms. The lowest BCUT2D eigenvalue weighted by atomic mass is 10.0. The summed E-state index contributed by atoms with van der Waals surface area (Å²) in [7, 11) is -0.696. The average molecular weight is 203 g/mol. The number of hydrogen-bond donors (Lipinski definition) is 1. The van der Waals surface area contributed by atoms with E-state index in [9.17, 15) is 4.21 Å². The van der Waals surface area contributed by atoms with Gasteiger partial charge < -0.3 is 5.32 Å². The fourth-order valence-corrected chi connectivity index (χ4v) is 1.67. The molecule has 3 unspecified atom stereocenters. The third-order valence-electron chi connectivity index (χ3n) is 3.36. The van der Waals surface area contributed by atoms with E-state index in [1.54, 1.807) is 6.26 Å². The van der Waals surface area contributed by atoms with Gasteiger partial charge in [0.25, 0.3) is 0 Å². The largest absolute Gasteiger partial charge is 0.313 e. The van der Waals surface area contributed by atoms with Crippen LogP contribution in [0.4, 0.5) is 0 Å². The van der Waals surface area contributed by atoms with Gasteiger partial charge in [-0.3, -0.25) is 4.21 Å². The van der Waals surface area contributed by atoms with Crippen molar-refractivity contribution >= 4 is 10.8 Å². The molecule has 0 aromatic carbocycles. The van der Waals surface area contributed by atoms with Crippen LogP contribution >= 0.6 is 0 Å². The Labute approximate surface area is 83.9 Å². The molecule has 0 saturated heterocycles. The van der Waals surface area contributed by atoms with E-state index >= 15 is 0 Å². The number of nitrogens with one attached hydrogen (secondary N) is 1. The molecule has 0 aliphatic heterocycles. The first-order valence-corrected chi connectivity index (χ1v) is 6.63. The Morgan fingerprint density at radius 2 is 2.00 bits per heavy atom. The fourth-order valence-electron chi connectivity index (χ4n) is 1.34. The SMILES string of the molecule is CC(CNC(C)C1(C)CC1)S(C)=O. The van der Waals surface area contributed by atoms with E-state index in [1.807, 2.05) is 6.92 Å². The molecule has 3 heteroatoms.